The number of halogens is 1. The minimum atomic E-state index is -0.448. The summed E-state index contributed by atoms with van der Waals surface area (Å²) in [5.74, 6) is 1.07. The van der Waals surface area contributed by atoms with Crippen LogP contribution in [0.1, 0.15) is 17.8 Å². The van der Waals surface area contributed by atoms with Crippen LogP contribution in [0.2, 0.25) is 0 Å². The smallest absolute Gasteiger partial charge is 0.368 e. The van der Waals surface area contributed by atoms with Crippen LogP contribution in [-0.2, 0) is 17.8 Å². The molecule has 13 heteroatoms. The Morgan fingerprint density at radius 2 is 2.00 bits per heavy atom. The molecule has 0 aliphatic carbocycles. The Morgan fingerprint density at radius 1 is 1.14 bits per heavy atom. The van der Waals surface area contributed by atoms with Gasteiger partial charge >= 0.3 is 5.82 Å². The number of rotatable bonds is 13. The molecule has 224 valence electrons. The first kappa shape index (κ1) is 30.6. The summed E-state index contributed by atoms with van der Waals surface area (Å²) in [6.07, 6.45) is 10.3. The van der Waals surface area contributed by atoms with Crippen molar-refractivity contribution in [1.29, 1.82) is 0 Å². The number of allylic oxidation sites excluding steroid dienone is 1. The number of pyridine rings is 2. The van der Waals surface area contributed by atoms with Gasteiger partial charge in [0.1, 0.15) is 37.3 Å². The molecule has 1 aromatic carbocycles. The number of likely N-dealkylation sites (N-methyl/N-ethyl adjacent to an activating group) is 1. The van der Waals surface area contributed by atoms with Crippen LogP contribution in [0.15, 0.2) is 94.2 Å². The Bertz CT molecular complexity index is 1790. The van der Waals surface area contributed by atoms with E-state index in [-0.39, 0.29) is 18.0 Å². The van der Waals surface area contributed by atoms with E-state index in [0.29, 0.717) is 59.0 Å². The maximum atomic E-state index is 12.8. The molecule has 0 unspecified atom stereocenters. The van der Waals surface area contributed by atoms with E-state index in [9.17, 15) is 14.9 Å². The summed E-state index contributed by atoms with van der Waals surface area (Å²) >= 11 is 3.58. The number of anilines is 2. The van der Waals surface area contributed by atoms with Gasteiger partial charge in [-0.25, -0.2) is 9.97 Å². The van der Waals surface area contributed by atoms with E-state index < -0.39 is 4.92 Å². The van der Waals surface area contributed by atoms with E-state index in [4.69, 9.17) is 4.74 Å². The SMILES string of the molecule is C[N+](C)(C/C=C/C(=O)Cc1cc2c(Nc3ccc(OCc4ccccn4)c(Br)c3)ncnc2cn1)CC1=C([N+](=O)[O-])N=CC1. The number of aliphatic imine (C=N–C) groups is 1. The van der Waals surface area contributed by atoms with Gasteiger partial charge in [-0.2, -0.15) is 0 Å². The van der Waals surface area contributed by atoms with Gasteiger partial charge in [0.05, 0.1) is 54.5 Å². The van der Waals surface area contributed by atoms with Crippen molar-refractivity contribution in [2.24, 2.45) is 4.99 Å². The number of carbonyl (C=O) groups is 1. The molecule has 4 heterocycles. The topological polar surface area (TPSA) is 145 Å². The van der Waals surface area contributed by atoms with Gasteiger partial charge in [-0.15, -0.1) is 0 Å². The standard InChI is InChI=1S/C31H30BrN8O4/c1-40(2,18-21-10-12-34-31(21)39(42)43)13-5-7-25(41)14-24-15-26-28(17-35-24)36-20-37-30(26)38-22-8-9-29(27(32)16-22)44-19-23-6-3-4-11-33-23/h3-9,11-12,15-17,20H,10,13-14,18-19H2,1-2H3,(H,36,37,38)/q+1/b7-5+. The van der Waals surface area contributed by atoms with Crippen molar-refractivity contribution in [2.45, 2.75) is 19.4 Å². The maximum Gasteiger partial charge on any atom is 0.368 e. The molecular formula is C31H30BrN8O4+. The zero-order valence-electron chi connectivity index (χ0n) is 24.2. The predicted molar refractivity (Wildman–Crippen MR) is 170 cm³/mol. The summed E-state index contributed by atoms with van der Waals surface area (Å²) in [6.45, 7) is 1.34. The molecule has 1 N–H and O–H groups in total. The second-order valence-corrected chi connectivity index (χ2v) is 11.7. The number of ether oxygens (including phenoxy) is 1. The van der Waals surface area contributed by atoms with Crippen molar-refractivity contribution >= 4 is 50.3 Å². The van der Waals surface area contributed by atoms with Gasteiger partial charge in [0.2, 0.25) is 0 Å². The Labute approximate surface area is 262 Å². The first-order chi connectivity index (χ1) is 21.2. The first-order valence-electron chi connectivity index (χ1n) is 13.8. The molecule has 0 atom stereocenters. The minimum Gasteiger partial charge on any atom is -0.486 e. The number of nitrogens with zero attached hydrogens (tertiary/aromatic N) is 7. The zero-order chi connectivity index (χ0) is 31.1. The molecule has 0 fully saturated rings. The van der Waals surface area contributed by atoms with E-state index in [1.165, 1.54) is 12.4 Å². The van der Waals surface area contributed by atoms with Gasteiger partial charge in [-0.3, -0.25) is 14.8 Å². The third kappa shape index (κ3) is 7.94. The average Bonchev–Trinajstić information content (AvgIpc) is 3.45. The van der Waals surface area contributed by atoms with Gasteiger partial charge in [0, 0.05) is 29.4 Å². The Kier molecular flexibility index (Phi) is 9.46. The summed E-state index contributed by atoms with van der Waals surface area (Å²) in [5.41, 5.74) is 3.52. The third-order valence-electron chi connectivity index (χ3n) is 6.79. The monoisotopic (exact) mass is 657 g/mol. The highest BCUT2D eigenvalue weighted by molar-refractivity contribution is 9.10. The van der Waals surface area contributed by atoms with E-state index in [1.54, 1.807) is 24.7 Å². The molecule has 0 spiro atoms. The van der Waals surface area contributed by atoms with Crippen molar-refractivity contribution in [3.63, 3.8) is 0 Å². The Hall–Kier alpha value is -4.88. The molecule has 0 amide bonds. The van der Waals surface area contributed by atoms with Crippen LogP contribution in [0, 0.1) is 10.1 Å². The van der Waals surface area contributed by atoms with Gasteiger partial charge in [0.25, 0.3) is 0 Å². The van der Waals surface area contributed by atoms with Crippen molar-refractivity contribution < 1.29 is 18.9 Å². The van der Waals surface area contributed by atoms with Gasteiger partial charge in [-0.05, 0) is 69.4 Å². The number of hydrogen-bond acceptors (Lipinski definition) is 10. The largest absolute Gasteiger partial charge is 0.486 e. The van der Waals surface area contributed by atoms with Gasteiger partial charge in [-0.1, -0.05) is 11.1 Å². The fourth-order valence-electron chi connectivity index (χ4n) is 4.69. The summed E-state index contributed by atoms with van der Waals surface area (Å²) in [4.78, 5) is 44.9. The van der Waals surface area contributed by atoms with Crippen molar-refractivity contribution in [3.8, 4) is 5.75 Å². The second-order valence-electron chi connectivity index (χ2n) is 10.8. The lowest BCUT2D eigenvalue weighted by Crippen LogP contribution is -2.41. The van der Waals surface area contributed by atoms with E-state index in [0.717, 1.165) is 21.2 Å². The number of hydrogen-bond donors (Lipinski definition) is 1. The minimum absolute atomic E-state index is 0.0771. The van der Waals surface area contributed by atoms with Crippen LogP contribution in [-0.4, -0.2) is 68.5 Å². The number of aromatic nitrogens is 4. The summed E-state index contributed by atoms with van der Waals surface area (Å²) < 4.78 is 7.12. The lowest BCUT2D eigenvalue weighted by Gasteiger charge is -2.28. The quantitative estimate of drug-likeness (QED) is 0.0886. The highest BCUT2D eigenvalue weighted by atomic mass is 79.9. The van der Waals surface area contributed by atoms with Crippen LogP contribution in [0.5, 0.6) is 5.75 Å². The molecule has 1 aliphatic rings. The summed E-state index contributed by atoms with van der Waals surface area (Å²) in [5, 5.41) is 15.3. The van der Waals surface area contributed by atoms with Crippen LogP contribution in [0.3, 0.4) is 0 Å². The van der Waals surface area contributed by atoms with Crippen molar-refractivity contribution in [3.05, 3.63) is 111 Å². The fourth-order valence-corrected chi connectivity index (χ4v) is 5.18. The van der Waals surface area contributed by atoms with Gasteiger partial charge in [0.15, 0.2) is 5.78 Å². The number of nitrogens with one attached hydrogen (secondary N) is 1. The van der Waals surface area contributed by atoms with Crippen LogP contribution in [0.25, 0.3) is 10.9 Å². The maximum absolute atomic E-state index is 12.8. The summed E-state index contributed by atoms with van der Waals surface area (Å²) in [6, 6.07) is 13.1. The highest BCUT2D eigenvalue weighted by Crippen LogP contribution is 2.31. The van der Waals surface area contributed by atoms with Gasteiger partial charge < -0.3 is 24.7 Å². The molecule has 4 aromatic rings. The molecule has 0 radical (unpaired) electrons. The normalized spacial score (nSPS) is 13.2. The molecule has 1 aliphatic heterocycles. The zero-order valence-corrected chi connectivity index (χ0v) is 25.8. The predicted octanol–water partition coefficient (Wildman–Crippen LogP) is 5.21. The average molecular weight is 659 g/mol. The third-order valence-corrected chi connectivity index (χ3v) is 7.41. The molecule has 3 aromatic heterocycles. The molecule has 0 saturated heterocycles. The van der Waals surface area contributed by atoms with Crippen molar-refractivity contribution in [2.75, 3.05) is 32.5 Å². The molecule has 5 rings (SSSR count). The number of benzene rings is 1. The first-order valence-corrected chi connectivity index (χ1v) is 14.6. The molecule has 0 bridgehead atoms. The van der Waals surface area contributed by atoms with Crippen LogP contribution < -0.4 is 10.1 Å². The van der Waals surface area contributed by atoms with E-state index >= 15 is 0 Å². The molecule has 12 nitrogen and oxygen atoms in total. The van der Waals surface area contributed by atoms with Crippen molar-refractivity contribution in [1.82, 2.24) is 19.9 Å². The van der Waals surface area contributed by atoms with Crippen LogP contribution in [0.4, 0.5) is 11.5 Å². The number of fused-ring (bicyclic) bond motifs is 1. The number of nitro groups is 1. The van der Waals surface area contributed by atoms with E-state index in [2.05, 4.69) is 46.2 Å². The Morgan fingerprint density at radius 3 is 2.77 bits per heavy atom. The summed E-state index contributed by atoms with van der Waals surface area (Å²) in [7, 11) is 3.91. The fraction of sp³-hybridized carbons (Fsp3) is 0.226. The second kappa shape index (κ2) is 13.6. The lowest BCUT2D eigenvalue weighted by molar-refractivity contribution is -0.880. The van der Waals surface area contributed by atoms with E-state index in [1.807, 2.05) is 56.6 Å². The Balaban J connectivity index is 1.22. The lowest BCUT2D eigenvalue weighted by atomic mass is 10.1. The number of quaternary nitrogens is 1. The highest BCUT2D eigenvalue weighted by Gasteiger charge is 2.28. The molecule has 0 saturated carbocycles. The number of ketones is 1. The molecular weight excluding hydrogens is 628 g/mol. The van der Waals surface area contributed by atoms with Crippen LogP contribution >= 0.6 is 15.9 Å². The number of carbonyl (C=O) groups excluding carboxylic acids is 1. The molecule has 44 heavy (non-hydrogen) atoms.